The molecule has 5 aliphatic rings. The summed E-state index contributed by atoms with van der Waals surface area (Å²) in [5.74, 6) is 1.18. The van der Waals surface area contributed by atoms with Gasteiger partial charge < -0.3 is 14.2 Å². The van der Waals surface area contributed by atoms with Crippen molar-refractivity contribution >= 4 is 57.4 Å². The Bertz CT molecular complexity index is 2760. The Morgan fingerprint density at radius 3 is 1.62 bits per heavy atom. The van der Waals surface area contributed by atoms with E-state index in [0.717, 1.165) is 24.9 Å². The quantitative estimate of drug-likeness (QED) is 0.162. The molecule has 0 amide bonds. The lowest BCUT2D eigenvalue weighted by Crippen LogP contribution is -2.62. The van der Waals surface area contributed by atoms with E-state index in [1.807, 2.05) is 0 Å². The van der Waals surface area contributed by atoms with Gasteiger partial charge in [-0.05, 0) is 171 Å². The highest BCUT2D eigenvalue weighted by atomic mass is 16.3. The number of fused-ring (bicyclic) bond motifs is 9. The van der Waals surface area contributed by atoms with Crippen LogP contribution in [0.1, 0.15) is 198 Å². The topological polar surface area (TPSA) is 19.6 Å². The lowest BCUT2D eigenvalue weighted by molar-refractivity contribution is 0.282. The number of hydrogen-bond donors (Lipinski definition) is 0. The highest BCUT2D eigenvalue weighted by molar-refractivity contribution is 6.99. The van der Waals surface area contributed by atoms with Crippen LogP contribution < -0.4 is 26.4 Å². The van der Waals surface area contributed by atoms with E-state index < -0.39 is 0 Å². The Morgan fingerprint density at radius 1 is 0.508 bits per heavy atom. The van der Waals surface area contributed by atoms with Crippen LogP contribution in [-0.2, 0) is 37.9 Å². The Labute approximate surface area is 381 Å². The zero-order chi connectivity index (χ0) is 45.5. The molecule has 330 valence electrons. The number of anilines is 6. The summed E-state index contributed by atoms with van der Waals surface area (Å²) in [5, 5.41) is 0. The van der Waals surface area contributed by atoms with Crippen LogP contribution in [0.2, 0.25) is 0 Å². The molecule has 0 fully saturated rings. The third-order valence-corrected chi connectivity index (χ3v) is 17.3. The maximum Gasteiger partial charge on any atom is 0.297 e. The molecule has 4 heteroatoms. The van der Waals surface area contributed by atoms with Gasteiger partial charge in [0, 0.05) is 33.7 Å². The third-order valence-electron chi connectivity index (χ3n) is 17.3. The van der Waals surface area contributed by atoms with E-state index >= 15 is 0 Å². The Morgan fingerprint density at radius 2 is 1.02 bits per heavy atom. The average molecular weight is 839 g/mol. The fourth-order valence-corrected chi connectivity index (χ4v) is 13.1. The number of nitrogens with zero attached hydrogens (tertiary/aromatic N) is 2. The minimum Gasteiger partial charge on any atom is -0.472 e. The maximum atomic E-state index is 7.77. The second kappa shape index (κ2) is 13.0. The molecule has 63 heavy (non-hydrogen) atoms. The van der Waals surface area contributed by atoms with E-state index in [1.165, 1.54) is 120 Å². The van der Waals surface area contributed by atoms with Crippen molar-refractivity contribution in [1.82, 2.24) is 0 Å². The Kier molecular flexibility index (Phi) is 8.83. The summed E-state index contributed by atoms with van der Waals surface area (Å²) < 4.78 is 7.77. The fraction of sp³-hybridized carbons (Fsp3) is 0.525. The van der Waals surface area contributed by atoms with Crippen LogP contribution in [0.15, 0.2) is 59.0 Å². The molecule has 3 aliphatic carbocycles. The minimum absolute atomic E-state index is 0.0208. The number of furan rings is 1. The molecule has 3 heterocycles. The zero-order valence-corrected chi connectivity index (χ0v) is 42.3. The second-order valence-electron chi connectivity index (χ2n) is 26.0. The van der Waals surface area contributed by atoms with Gasteiger partial charge in [0.2, 0.25) is 0 Å². The maximum absolute atomic E-state index is 7.77. The molecule has 0 radical (unpaired) electrons. The van der Waals surface area contributed by atoms with E-state index in [1.54, 1.807) is 0 Å². The van der Waals surface area contributed by atoms with Gasteiger partial charge in [0.25, 0.3) is 6.71 Å². The van der Waals surface area contributed by atoms with Crippen molar-refractivity contribution in [1.29, 1.82) is 0 Å². The highest BCUT2D eigenvalue weighted by Gasteiger charge is 2.54. The smallest absolute Gasteiger partial charge is 0.297 e. The molecular formula is C59H75BN2O. The fourth-order valence-electron chi connectivity index (χ4n) is 13.1. The number of hydrogen-bond acceptors (Lipinski definition) is 3. The molecule has 4 aromatic carbocycles. The molecule has 0 atom stereocenters. The predicted octanol–water partition coefficient (Wildman–Crippen LogP) is 14.6. The summed E-state index contributed by atoms with van der Waals surface area (Å²) in [4.78, 5) is 5.45. The second-order valence-corrected chi connectivity index (χ2v) is 26.0. The van der Waals surface area contributed by atoms with Gasteiger partial charge in [-0.15, -0.1) is 0 Å². The van der Waals surface area contributed by atoms with Crippen molar-refractivity contribution in [2.45, 2.75) is 201 Å². The lowest BCUT2D eigenvalue weighted by Gasteiger charge is -2.49. The van der Waals surface area contributed by atoms with Gasteiger partial charge in [0.05, 0.1) is 17.0 Å². The summed E-state index contributed by atoms with van der Waals surface area (Å²) in [6, 6.07) is 22.6. The molecule has 0 unspecified atom stereocenters. The lowest BCUT2D eigenvalue weighted by atomic mass is 9.34. The normalized spacial score (nSPS) is 21.5. The summed E-state index contributed by atoms with van der Waals surface area (Å²) in [6.45, 7) is 43.7. The van der Waals surface area contributed by atoms with E-state index in [2.05, 4.69) is 189 Å². The monoisotopic (exact) mass is 839 g/mol. The van der Waals surface area contributed by atoms with Gasteiger partial charge in [-0.2, -0.15) is 0 Å². The number of benzene rings is 4. The van der Waals surface area contributed by atoms with E-state index in [0.29, 0.717) is 0 Å². The van der Waals surface area contributed by atoms with Crippen LogP contribution in [0.25, 0.3) is 0 Å². The van der Waals surface area contributed by atoms with Gasteiger partial charge in [0.15, 0.2) is 0 Å². The minimum atomic E-state index is -0.0892. The molecule has 10 rings (SSSR count). The molecule has 1 aromatic heterocycles. The SMILES string of the molecule is Cc1cc2c3c(c1)N(c1c(C)cc(C(C)(C)C)cc1C)c1c(oc4c1C(C)(C)CCC4(C)C)B3c1ccc3c(c1N2c1ccc2c(c1)C(C)(C)CCC2(C)C)C(C)(C)CCC3(C)C. The van der Waals surface area contributed by atoms with Crippen molar-refractivity contribution in [2.75, 3.05) is 9.80 Å². The molecule has 5 aromatic rings. The molecule has 2 aliphatic heterocycles. The van der Waals surface area contributed by atoms with Crippen LogP contribution in [-0.4, -0.2) is 6.71 Å². The first kappa shape index (κ1) is 42.8. The van der Waals surface area contributed by atoms with E-state index in [4.69, 9.17) is 4.42 Å². The first-order valence-corrected chi connectivity index (χ1v) is 24.4. The van der Waals surface area contributed by atoms with Gasteiger partial charge in [-0.1, -0.05) is 134 Å². The predicted molar refractivity (Wildman–Crippen MR) is 271 cm³/mol. The molecule has 0 saturated carbocycles. The number of aryl methyl sites for hydroxylation is 3. The Hall–Kier alpha value is -4.18. The summed E-state index contributed by atoms with van der Waals surface area (Å²) in [6.07, 6.45) is 6.95. The van der Waals surface area contributed by atoms with Gasteiger partial charge in [-0.3, -0.25) is 0 Å². The van der Waals surface area contributed by atoms with Gasteiger partial charge in [0.1, 0.15) is 5.76 Å². The molecular weight excluding hydrogens is 763 g/mol. The van der Waals surface area contributed by atoms with Crippen molar-refractivity contribution < 1.29 is 4.42 Å². The molecule has 3 nitrogen and oxygen atoms in total. The van der Waals surface area contributed by atoms with Crippen LogP contribution in [0.4, 0.5) is 34.1 Å². The average Bonchev–Trinajstić information content (AvgIpc) is 3.60. The van der Waals surface area contributed by atoms with E-state index in [-0.39, 0.29) is 44.6 Å². The highest BCUT2D eigenvalue weighted by Crippen LogP contribution is 2.58. The van der Waals surface area contributed by atoms with E-state index in [9.17, 15) is 0 Å². The van der Waals surface area contributed by atoms with Crippen molar-refractivity contribution in [3.8, 4) is 0 Å². The first-order chi connectivity index (χ1) is 29.1. The van der Waals surface area contributed by atoms with Crippen LogP contribution >= 0.6 is 0 Å². The molecule has 0 saturated heterocycles. The van der Waals surface area contributed by atoms with Gasteiger partial charge in [-0.25, -0.2) is 0 Å². The van der Waals surface area contributed by atoms with Crippen LogP contribution in [0.5, 0.6) is 0 Å². The van der Waals surface area contributed by atoms with Crippen molar-refractivity contribution in [3.05, 3.63) is 110 Å². The Balaban J connectivity index is 1.37. The summed E-state index contributed by atoms with van der Waals surface area (Å²) in [7, 11) is 0. The standard InChI is InChI=1S/C59H75BN2O/c1-34-29-43-47-44(30-34)62(48-35(2)31-37(32-36(48)3)53(4,5)6)50-46-51(59(17,18)28-27-58(46,15)16)63-52(50)60(47)42-22-21-40-45(57(13,14)26-25-55(40,9)10)49(42)61(43)38-19-20-39-41(33-38)56(11,12)24-23-54(39,7)8/h19-22,29-33H,23-28H2,1-18H3. The molecule has 0 N–H and O–H groups in total. The summed E-state index contributed by atoms with van der Waals surface area (Å²) in [5.41, 5.74) is 24.6. The molecule has 0 spiro atoms. The third kappa shape index (κ3) is 6.03. The van der Waals surface area contributed by atoms with Crippen LogP contribution in [0, 0.1) is 20.8 Å². The molecule has 0 bridgehead atoms. The zero-order valence-electron chi connectivity index (χ0n) is 42.3. The largest absolute Gasteiger partial charge is 0.472 e. The summed E-state index contributed by atoms with van der Waals surface area (Å²) >= 11 is 0. The van der Waals surface area contributed by atoms with Crippen LogP contribution in [0.3, 0.4) is 0 Å². The first-order valence-electron chi connectivity index (χ1n) is 24.4. The van der Waals surface area contributed by atoms with Crippen molar-refractivity contribution in [2.24, 2.45) is 0 Å². The van der Waals surface area contributed by atoms with Crippen molar-refractivity contribution in [3.63, 3.8) is 0 Å². The van der Waals surface area contributed by atoms with Gasteiger partial charge >= 0.3 is 0 Å². The number of rotatable bonds is 2.